The molecule has 150 valence electrons. The molecule has 3 rings (SSSR count). The molecule has 2 atom stereocenters. The Morgan fingerprint density at radius 1 is 1.11 bits per heavy atom. The van der Waals surface area contributed by atoms with Crippen molar-refractivity contribution in [3.63, 3.8) is 0 Å². The fourth-order valence-electron chi connectivity index (χ4n) is 3.48. The number of benzene rings is 2. The number of ether oxygens (including phenoxy) is 1. The van der Waals surface area contributed by atoms with Crippen molar-refractivity contribution in [2.45, 2.75) is 45.4 Å². The van der Waals surface area contributed by atoms with Gasteiger partial charge in [0, 0.05) is 12.6 Å². The SMILES string of the molecule is CCc1ccc(O[C@@H](C)C(=O)N(Cc2ccccc2)[C@H]2CCS(=O)(=O)C2)cc1. The van der Waals surface area contributed by atoms with Gasteiger partial charge in [0.05, 0.1) is 11.5 Å². The summed E-state index contributed by atoms with van der Waals surface area (Å²) in [4.78, 5) is 14.9. The summed E-state index contributed by atoms with van der Waals surface area (Å²) in [5, 5.41) is 0. The van der Waals surface area contributed by atoms with Crippen molar-refractivity contribution in [3.8, 4) is 5.75 Å². The van der Waals surface area contributed by atoms with Crippen molar-refractivity contribution in [2.75, 3.05) is 11.5 Å². The Bertz CT molecular complexity index is 894. The highest BCUT2D eigenvalue weighted by Gasteiger charge is 2.36. The molecular formula is C22H27NO4S. The Morgan fingerprint density at radius 3 is 2.36 bits per heavy atom. The fourth-order valence-corrected chi connectivity index (χ4v) is 5.21. The molecule has 28 heavy (non-hydrogen) atoms. The number of carbonyl (C=O) groups is 1. The van der Waals surface area contributed by atoms with Crippen LogP contribution in [0, 0.1) is 0 Å². The van der Waals surface area contributed by atoms with E-state index in [0.29, 0.717) is 18.7 Å². The third-order valence-electron chi connectivity index (χ3n) is 5.12. The standard InChI is InChI=1S/C22H27NO4S/c1-3-18-9-11-21(12-10-18)27-17(2)22(24)23(15-19-7-5-4-6-8-19)20-13-14-28(25,26)16-20/h4-12,17,20H,3,13-16H2,1-2H3/t17-,20-/m0/s1. The minimum absolute atomic E-state index is 0.0174. The van der Waals surface area contributed by atoms with Gasteiger partial charge in [-0.1, -0.05) is 49.4 Å². The first kappa shape index (κ1) is 20.4. The molecular weight excluding hydrogens is 374 g/mol. The maximum atomic E-state index is 13.2. The van der Waals surface area contributed by atoms with E-state index in [1.165, 1.54) is 5.56 Å². The number of hydrogen-bond acceptors (Lipinski definition) is 4. The van der Waals surface area contributed by atoms with Gasteiger partial charge in [0.15, 0.2) is 15.9 Å². The Labute approximate surface area is 167 Å². The van der Waals surface area contributed by atoms with Crippen LogP contribution in [-0.4, -0.2) is 42.9 Å². The van der Waals surface area contributed by atoms with Crippen molar-refractivity contribution in [3.05, 3.63) is 65.7 Å². The van der Waals surface area contributed by atoms with E-state index in [1.807, 2.05) is 54.6 Å². The van der Waals surface area contributed by atoms with Gasteiger partial charge in [-0.3, -0.25) is 4.79 Å². The topological polar surface area (TPSA) is 63.7 Å². The van der Waals surface area contributed by atoms with Crippen molar-refractivity contribution in [2.24, 2.45) is 0 Å². The van der Waals surface area contributed by atoms with Crippen LogP contribution in [0.5, 0.6) is 5.75 Å². The second-order valence-electron chi connectivity index (χ2n) is 7.27. The van der Waals surface area contributed by atoms with Gasteiger partial charge in [-0.05, 0) is 43.0 Å². The minimum atomic E-state index is -3.09. The van der Waals surface area contributed by atoms with E-state index in [2.05, 4.69) is 6.92 Å². The van der Waals surface area contributed by atoms with E-state index in [0.717, 1.165) is 12.0 Å². The average Bonchev–Trinajstić information content (AvgIpc) is 3.06. The Kier molecular flexibility index (Phi) is 6.39. The van der Waals surface area contributed by atoms with Crippen LogP contribution >= 0.6 is 0 Å². The predicted molar refractivity (Wildman–Crippen MR) is 110 cm³/mol. The molecule has 1 aliphatic rings. The molecule has 1 aliphatic heterocycles. The van der Waals surface area contributed by atoms with Gasteiger partial charge in [-0.15, -0.1) is 0 Å². The number of rotatable bonds is 7. The Hall–Kier alpha value is -2.34. The molecule has 2 aromatic carbocycles. The van der Waals surface area contributed by atoms with E-state index >= 15 is 0 Å². The number of nitrogens with zero attached hydrogens (tertiary/aromatic N) is 1. The lowest BCUT2D eigenvalue weighted by Gasteiger charge is -2.31. The molecule has 1 amide bonds. The van der Waals surface area contributed by atoms with E-state index < -0.39 is 15.9 Å². The third-order valence-corrected chi connectivity index (χ3v) is 6.87. The van der Waals surface area contributed by atoms with Crippen molar-refractivity contribution < 1.29 is 17.9 Å². The highest BCUT2D eigenvalue weighted by atomic mass is 32.2. The van der Waals surface area contributed by atoms with Gasteiger partial charge in [0.2, 0.25) is 0 Å². The summed E-state index contributed by atoms with van der Waals surface area (Å²) in [5.41, 5.74) is 2.17. The number of aryl methyl sites for hydroxylation is 1. The molecule has 6 heteroatoms. The van der Waals surface area contributed by atoms with Crippen LogP contribution in [-0.2, 0) is 27.6 Å². The van der Waals surface area contributed by atoms with Crippen molar-refractivity contribution in [1.82, 2.24) is 4.90 Å². The summed E-state index contributed by atoms with van der Waals surface area (Å²) in [6, 6.07) is 17.0. The van der Waals surface area contributed by atoms with E-state index in [1.54, 1.807) is 11.8 Å². The predicted octanol–water partition coefficient (Wildman–Crippen LogP) is 3.23. The second-order valence-corrected chi connectivity index (χ2v) is 9.49. The molecule has 0 saturated carbocycles. The van der Waals surface area contributed by atoms with Crippen LogP contribution in [0.2, 0.25) is 0 Å². The molecule has 0 N–H and O–H groups in total. The van der Waals surface area contributed by atoms with Crippen molar-refractivity contribution >= 4 is 15.7 Å². The van der Waals surface area contributed by atoms with Gasteiger partial charge in [-0.25, -0.2) is 8.42 Å². The zero-order valence-electron chi connectivity index (χ0n) is 16.4. The summed E-state index contributed by atoms with van der Waals surface area (Å²) >= 11 is 0. The number of carbonyl (C=O) groups excluding carboxylic acids is 1. The van der Waals surface area contributed by atoms with Crippen molar-refractivity contribution in [1.29, 1.82) is 0 Å². The third kappa shape index (κ3) is 5.13. The lowest BCUT2D eigenvalue weighted by atomic mass is 10.1. The first-order valence-electron chi connectivity index (χ1n) is 9.68. The number of amides is 1. The monoisotopic (exact) mass is 401 g/mol. The Morgan fingerprint density at radius 2 is 1.79 bits per heavy atom. The fraction of sp³-hybridized carbons (Fsp3) is 0.409. The summed E-state index contributed by atoms with van der Waals surface area (Å²) < 4.78 is 29.8. The first-order valence-corrected chi connectivity index (χ1v) is 11.5. The van der Waals surface area contributed by atoms with E-state index in [-0.39, 0.29) is 23.5 Å². The molecule has 0 radical (unpaired) electrons. The summed E-state index contributed by atoms with van der Waals surface area (Å²) in [6.07, 6.45) is 0.716. The maximum Gasteiger partial charge on any atom is 0.263 e. The van der Waals surface area contributed by atoms with E-state index in [9.17, 15) is 13.2 Å². The quantitative estimate of drug-likeness (QED) is 0.715. The molecule has 1 saturated heterocycles. The summed E-state index contributed by atoms with van der Waals surface area (Å²) in [6.45, 7) is 4.18. The average molecular weight is 402 g/mol. The molecule has 0 aliphatic carbocycles. The van der Waals surface area contributed by atoms with Gasteiger partial charge in [-0.2, -0.15) is 0 Å². The summed E-state index contributed by atoms with van der Waals surface area (Å²) in [7, 11) is -3.09. The molecule has 0 unspecified atom stereocenters. The van der Waals surface area contributed by atoms with Crippen LogP contribution in [0.15, 0.2) is 54.6 Å². The molecule has 5 nitrogen and oxygen atoms in total. The minimum Gasteiger partial charge on any atom is -0.481 e. The van der Waals surface area contributed by atoms with Gasteiger partial charge in [0.25, 0.3) is 5.91 Å². The smallest absolute Gasteiger partial charge is 0.263 e. The first-order chi connectivity index (χ1) is 13.4. The lowest BCUT2D eigenvalue weighted by Crippen LogP contribution is -2.46. The Balaban J connectivity index is 1.76. The van der Waals surface area contributed by atoms with Crippen LogP contribution < -0.4 is 4.74 Å². The number of sulfone groups is 1. The van der Waals surface area contributed by atoms with Gasteiger partial charge >= 0.3 is 0 Å². The highest BCUT2D eigenvalue weighted by molar-refractivity contribution is 7.91. The molecule has 2 aromatic rings. The normalized spacial score (nSPS) is 19.1. The molecule has 0 bridgehead atoms. The van der Waals surface area contributed by atoms with Crippen LogP contribution in [0.4, 0.5) is 0 Å². The van der Waals surface area contributed by atoms with E-state index in [4.69, 9.17) is 4.74 Å². The van der Waals surface area contributed by atoms with Crippen LogP contribution in [0.1, 0.15) is 31.4 Å². The zero-order valence-corrected chi connectivity index (χ0v) is 17.2. The molecule has 1 heterocycles. The number of hydrogen-bond donors (Lipinski definition) is 0. The lowest BCUT2D eigenvalue weighted by molar-refractivity contribution is -0.140. The molecule has 1 fully saturated rings. The summed E-state index contributed by atoms with van der Waals surface area (Å²) in [5.74, 6) is 0.593. The largest absolute Gasteiger partial charge is 0.481 e. The van der Waals surface area contributed by atoms with Crippen LogP contribution in [0.3, 0.4) is 0 Å². The van der Waals surface area contributed by atoms with Gasteiger partial charge in [0.1, 0.15) is 5.75 Å². The van der Waals surface area contributed by atoms with Gasteiger partial charge < -0.3 is 9.64 Å². The maximum absolute atomic E-state index is 13.2. The molecule has 0 aromatic heterocycles. The second kappa shape index (κ2) is 8.78. The van der Waals surface area contributed by atoms with Crippen LogP contribution in [0.25, 0.3) is 0 Å². The highest BCUT2D eigenvalue weighted by Crippen LogP contribution is 2.22. The molecule has 0 spiro atoms. The zero-order chi connectivity index (χ0) is 20.1.